The van der Waals surface area contributed by atoms with Crippen molar-refractivity contribution in [3.63, 3.8) is 0 Å². The predicted octanol–water partition coefficient (Wildman–Crippen LogP) is 3.90. The molecule has 0 aliphatic rings. The normalized spacial score (nSPS) is 12.0. The number of amides is 1. The van der Waals surface area contributed by atoms with Crippen LogP contribution in [0.4, 0.5) is 5.82 Å². The van der Waals surface area contributed by atoms with Crippen LogP contribution in [0.1, 0.15) is 13.0 Å². The summed E-state index contributed by atoms with van der Waals surface area (Å²) in [5.41, 5.74) is 0.703. The molecule has 2 heterocycles. The average molecular weight is 398 g/mol. The van der Waals surface area contributed by atoms with Gasteiger partial charge in [0.05, 0.1) is 10.0 Å². The molecule has 0 fully saturated rings. The van der Waals surface area contributed by atoms with Crippen LogP contribution in [0.15, 0.2) is 36.5 Å². The van der Waals surface area contributed by atoms with Crippen molar-refractivity contribution in [3.8, 4) is 11.4 Å². The topological polar surface area (TPSA) is 85.6 Å². The van der Waals surface area contributed by atoms with E-state index in [1.807, 2.05) is 0 Å². The molecule has 3 aromatic rings. The number of tetrazole rings is 1. The van der Waals surface area contributed by atoms with Crippen LogP contribution in [-0.4, -0.2) is 31.1 Å². The molecule has 0 spiro atoms. The number of pyridine rings is 1. The summed E-state index contributed by atoms with van der Waals surface area (Å²) in [4.78, 5) is 17.5. The smallest absolute Gasteiger partial charge is 0.252 e. The molecule has 0 saturated heterocycles. The molecule has 7 nitrogen and oxygen atoms in total. The van der Waals surface area contributed by atoms with E-state index in [4.69, 9.17) is 34.8 Å². The Morgan fingerprint density at radius 2 is 2.00 bits per heavy atom. The fourth-order valence-corrected chi connectivity index (χ4v) is 2.58. The first-order chi connectivity index (χ1) is 11.9. The van der Waals surface area contributed by atoms with Gasteiger partial charge < -0.3 is 5.32 Å². The summed E-state index contributed by atoms with van der Waals surface area (Å²) < 4.78 is 0. The fourth-order valence-electron chi connectivity index (χ4n) is 1.96. The van der Waals surface area contributed by atoms with Gasteiger partial charge in [0.1, 0.15) is 6.04 Å². The summed E-state index contributed by atoms with van der Waals surface area (Å²) in [7, 11) is 0. The first-order valence-electron chi connectivity index (χ1n) is 7.11. The van der Waals surface area contributed by atoms with E-state index in [-0.39, 0.29) is 10.8 Å². The van der Waals surface area contributed by atoms with Crippen LogP contribution in [0.5, 0.6) is 0 Å². The molecule has 1 amide bonds. The summed E-state index contributed by atoms with van der Waals surface area (Å²) in [6.45, 7) is 1.63. The standard InChI is InChI=1S/C15H11Cl3N6O/c1-8(15(25)20-14-12(18)6-11(17)7-19-14)24-22-13(21-23-24)9-3-2-4-10(16)5-9/h2-8H,1H3,(H,19,20,25)/t8-/m0/s1. The first-order valence-corrected chi connectivity index (χ1v) is 8.25. The van der Waals surface area contributed by atoms with Gasteiger partial charge in [-0.15, -0.1) is 10.2 Å². The third kappa shape index (κ3) is 4.07. The third-order valence-corrected chi connectivity index (χ3v) is 4.02. The lowest BCUT2D eigenvalue weighted by Gasteiger charge is -2.11. The number of benzene rings is 1. The summed E-state index contributed by atoms with van der Waals surface area (Å²) in [5, 5.41) is 15.9. The van der Waals surface area contributed by atoms with E-state index in [2.05, 4.69) is 25.7 Å². The highest BCUT2D eigenvalue weighted by atomic mass is 35.5. The Labute approximate surface area is 157 Å². The molecule has 0 saturated carbocycles. The molecule has 3 rings (SSSR count). The second-order valence-electron chi connectivity index (χ2n) is 5.09. The molecule has 1 aromatic carbocycles. The van der Waals surface area contributed by atoms with E-state index in [9.17, 15) is 4.79 Å². The van der Waals surface area contributed by atoms with Crippen molar-refractivity contribution in [1.29, 1.82) is 0 Å². The van der Waals surface area contributed by atoms with Gasteiger partial charge in [0.25, 0.3) is 5.91 Å². The molecule has 0 unspecified atom stereocenters. The Morgan fingerprint density at radius 1 is 1.20 bits per heavy atom. The van der Waals surface area contributed by atoms with Crippen molar-refractivity contribution in [3.05, 3.63) is 51.6 Å². The lowest BCUT2D eigenvalue weighted by atomic mass is 10.2. The van der Waals surface area contributed by atoms with Crippen molar-refractivity contribution in [2.24, 2.45) is 0 Å². The van der Waals surface area contributed by atoms with Crippen LogP contribution >= 0.6 is 34.8 Å². The number of carbonyl (C=O) groups excluding carboxylic acids is 1. The number of halogens is 3. The minimum atomic E-state index is -0.728. The maximum absolute atomic E-state index is 12.4. The number of carbonyl (C=O) groups is 1. The Balaban J connectivity index is 1.76. The molecular weight excluding hydrogens is 387 g/mol. The second kappa shape index (κ2) is 7.35. The molecule has 128 valence electrons. The molecule has 25 heavy (non-hydrogen) atoms. The summed E-state index contributed by atoms with van der Waals surface area (Å²) >= 11 is 17.7. The molecular formula is C15H11Cl3N6O. The van der Waals surface area contributed by atoms with Crippen LogP contribution in [0.25, 0.3) is 11.4 Å². The molecule has 1 atom stereocenters. The minimum Gasteiger partial charge on any atom is -0.308 e. The molecule has 0 aliphatic heterocycles. The van der Waals surface area contributed by atoms with Gasteiger partial charge >= 0.3 is 0 Å². The van der Waals surface area contributed by atoms with Crippen molar-refractivity contribution < 1.29 is 4.79 Å². The monoisotopic (exact) mass is 396 g/mol. The zero-order chi connectivity index (χ0) is 18.0. The van der Waals surface area contributed by atoms with Crippen molar-refractivity contribution in [1.82, 2.24) is 25.2 Å². The van der Waals surface area contributed by atoms with Crippen molar-refractivity contribution in [2.75, 3.05) is 5.32 Å². The van der Waals surface area contributed by atoms with Crippen molar-refractivity contribution >= 4 is 46.5 Å². The van der Waals surface area contributed by atoms with E-state index < -0.39 is 11.9 Å². The number of aromatic nitrogens is 5. The van der Waals surface area contributed by atoms with Gasteiger partial charge in [0, 0.05) is 16.8 Å². The quantitative estimate of drug-likeness (QED) is 0.721. The van der Waals surface area contributed by atoms with Crippen LogP contribution in [-0.2, 0) is 4.79 Å². The number of hydrogen-bond acceptors (Lipinski definition) is 5. The van der Waals surface area contributed by atoms with E-state index >= 15 is 0 Å². The Morgan fingerprint density at radius 3 is 2.72 bits per heavy atom. The number of hydrogen-bond donors (Lipinski definition) is 1. The SMILES string of the molecule is C[C@@H](C(=O)Nc1ncc(Cl)cc1Cl)n1nnc(-c2cccc(Cl)c2)n1. The summed E-state index contributed by atoms with van der Waals surface area (Å²) in [6.07, 6.45) is 1.39. The van der Waals surface area contributed by atoms with Crippen LogP contribution in [0.3, 0.4) is 0 Å². The largest absolute Gasteiger partial charge is 0.308 e. The van der Waals surface area contributed by atoms with E-state index in [0.29, 0.717) is 21.4 Å². The molecule has 1 N–H and O–H groups in total. The van der Waals surface area contributed by atoms with Crippen LogP contribution in [0.2, 0.25) is 15.1 Å². The van der Waals surface area contributed by atoms with Crippen molar-refractivity contribution in [2.45, 2.75) is 13.0 Å². The molecule has 0 bridgehead atoms. The number of nitrogens with zero attached hydrogens (tertiary/aromatic N) is 5. The van der Waals surface area contributed by atoms with Gasteiger partial charge in [-0.2, -0.15) is 4.80 Å². The molecule has 2 aromatic heterocycles. The third-order valence-electron chi connectivity index (χ3n) is 3.29. The number of rotatable bonds is 4. The molecule has 0 aliphatic carbocycles. The highest BCUT2D eigenvalue weighted by Gasteiger charge is 2.20. The van der Waals surface area contributed by atoms with Gasteiger partial charge in [0.2, 0.25) is 5.82 Å². The predicted molar refractivity (Wildman–Crippen MR) is 95.9 cm³/mol. The first kappa shape index (κ1) is 17.6. The van der Waals surface area contributed by atoms with Gasteiger partial charge in [0.15, 0.2) is 5.82 Å². The zero-order valence-corrected chi connectivity index (χ0v) is 15.1. The van der Waals surface area contributed by atoms with Crippen LogP contribution < -0.4 is 5.32 Å². The van der Waals surface area contributed by atoms with E-state index in [1.54, 1.807) is 31.2 Å². The maximum Gasteiger partial charge on any atom is 0.252 e. The summed E-state index contributed by atoms with van der Waals surface area (Å²) in [6, 6.07) is 7.80. The van der Waals surface area contributed by atoms with Gasteiger partial charge in [-0.3, -0.25) is 4.79 Å². The fraction of sp³-hybridized carbons (Fsp3) is 0.133. The number of nitrogens with one attached hydrogen (secondary N) is 1. The minimum absolute atomic E-state index is 0.207. The molecule has 0 radical (unpaired) electrons. The van der Waals surface area contributed by atoms with E-state index in [0.717, 1.165) is 0 Å². The zero-order valence-electron chi connectivity index (χ0n) is 12.8. The van der Waals surface area contributed by atoms with Gasteiger partial charge in [-0.05, 0) is 30.3 Å². The highest BCUT2D eigenvalue weighted by molar-refractivity contribution is 6.36. The molecule has 10 heteroatoms. The Hall–Kier alpha value is -2.22. The highest BCUT2D eigenvalue weighted by Crippen LogP contribution is 2.23. The van der Waals surface area contributed by atoms with Gasteiger partial charge in [-0.25, -0.2) is 4.98 Å². The Bertz CT molecular complexity index is 929. The lowest BCUT2D eigenvalue weighted by Crippen LogP contribution is -2.26. The average Bonchev–Trinajstić information content (AvgIpc) is 3.06. The van der Waals surface area contributed by atoms with E-state index in [1.165, 1.54) is 17.1 Å². The second-order valence-corrected chi connectivity index (χ2v) is 6.37. The summed E-state index contributed by atoms with van der Waals surface area (Å²) in [5.74, 6) is 0.176. The Kier molecular flexibility index (Phi) is 5.17. The van der Waals surface area contributed by atoms with Crippen LogP contribution in [0, 0.1) is 0 Å². The number of anilines is 1. The maximum atomic E-state index is 12.4. The van der Waals surface area contributed by atoms with Gasteiger partial charge in [-0.1, -0.05) is 46.9 Å². The lowest BCUT2D eigenvalue weighted by molar-refractivity contribution is -0.119.